The molecule has 82 valence electrons. The molecular formula is C10H16N4O. The van der Waals surface area contributed by atoms with Crippen molar-refractivity contribution >= 4 is 5.91 Å². The SMILES string of the molecule is CC1CCCCCN1C(=O)c1ncn[nH]1. The number of likely N-dealkylation sites (tertiary alicyclic amines) is 1. The van der Waals surface area contributed by atoms with E-state index in [0.29, 0.717) is 11.9 Å². The zero-order valence-corrected chi connectivity index (χ0v) is 8.94. The molecule has 1 aliphatic heterocycles. The number of carbonyl (C=O) groups is 1. The molecule has 1 amide bonds. The summed E-state index contributed by atoms with van der Waals surface area (Å²) in [6.45, 7) is 2.93. The van der Waals surface area contributed by atoms with E-state index in [2.05, 4.69) is 22.1 Å². The van der Waals surface area contributed by atoms with Crippen LogP contribution in [-0.2, 0) is 0 Å². The molecule has 0 spiro atoms. The highest BCUT2D eigenvalue weighted by Gasteiger charge is 2.24. The number of nitrogens with one attached hydrogen (secondary N) is 1. The summed E-state index contributed by atoms with van der Waals surface area (Å²) in [5.74, 6) is 0.325. The first-order valence-corrected chi connectivity index (χ1v) is 5.45. The van der Waals surface area contributed by atoms with Crippen LogP contribution in [-0.4, -0.2) is 38.6 Å². The molecule has 5 nitrogen and oxygen atoms in total. The maximum atomic E-state index is 12.0. The highest BCUT2D eigenvalue weighted by atomic mass is 16.2. The van der Waals surface area contributed by atoms with Crippen molar-refractivity contribution in [3.05, 3.63) is 12.2 Å². The lowest BCUT2D eigenvalue weighted by atomic mass is 10.1. The highest BCUT2D eigenvalue weighted by molar-refractivity contribution is 5.90. The summed E-state index contributed by atoms with van der Waals surface area (Å²) < 4.78 is 0. The molecule has 0 aliphatic carbocycles. The highest BCUT2D eigenvalue weighted by Crippen LogP contribution is 2.17. The van der Waals surface area contributed by atoms with E-state index in [1.807, 2.05) is 4.90 Å². The summed E-state index contributed by atoms with van der Waals surface area (Å²) in [6.07, 6.45) is 5.96. The summed E-state index contributed by atoms with van der Waals surface area (Å²) in [7, 11) is 0. The van der Waals surface area contributed by atoms with Crippen molar-refractivity contribution in [2.24, 2.45) is 0 Å². The average Bonchev–Trinajstić information content (AvgIpc) is 2.68. The van der Waals surface area contributed by atoms with Gasteiger partial charge in [-0.1, -0.05) is 12.8 Å². The van der Waals surface area contributed by atoms with Gasteiger partial charge in [0, 0.05) is 12.6 Å². The zero-order chi connectivity index (χ0) is 10.7. The normalized spacial score (nSPS) is 22.5. The quantitative estimate of drug-likeness (QED) is 0.754. The number of rotatable bonds is 1. The molecule has 2 heterocycles. The second-order valence-electron chi connectivity index (χ2n) is 4.03. The van der Waals surface area contributed by atoms with Crippen molar-refractivity contribution < 1.29 is 4.79 Å². The van der Waals surface area contributed by atoms with Gasteiger partial charge in [0.25, 0.3) is 5.91 Å². The fraction of sp³-hybridized carbons (Fsp3) is 0.700. The van der Waals surface area contributed by atoms with Gasteiger partial charge in [-0.05, 0) is 19.8 Å². The maximum Gasteiger partial charge on any atom is 0.291 e. The first-order valence-electron chi connectivity index (χ1n) is 5.45. The summed E-state index contributed by atoms with van der Waals surface area (Å²) in [6, 6.07) is 0.310. The number of nitrogens with zero attached hydrogens (tertiary/aromatic N) is 3. The minimum absolute atomic E-state index is 0.0260. The molecule has 15 heavy (non-hydrogen) atoms. The molecule has 1 atom stereocenters. The van der Waals surface area contributed by atoms with E-state index in [-0.39, 0.29) is 5.91 Å². The van der Waals surface area contributed by atoms with Crippen LogP contribution in [0, 0.1) is 0 Å². The van der Waals surface area contributed by atoms with Gasteiger partial charge < -0.3 is 4.90 Å². The largest absolute Gasteiger partial charge is 0.333 e. The third-order valence-electron chi connectivity index (χ3n) is 2.93. The van der Waals surface area contributed by atoms with Crippen LogP contribution in [0.25, 0.3) is 0 Å². The molecule has 1 aliphatic rings. The first-order chi connectivity index (χ1) is 7.29. The molecular weight excluding hydrogens is 192 g/mol. The summed E-state index contributed by atoms with van der Waals surface area (Å²) >= 11 is 0. The third kappa shape index (κ3) is 2.16. The minimum Gasteiger partial charge on any atom is -0.333 e. The van der Waals surface area contributed by atoms with Crippen LogP contribution in [0.15, 0.2) is 6.33 Å². The summed E-state index contributed by atoms with van der Waals surface area (Å²) in [5, 5.41) is 6.33. The van der Waals surface area contributed by atoms with Crippen molar-refractivity contribution in [3.8, 4) is 0 Å². The molecule has 1 aromatic heterocycles. The van der Waals surface area contributed by atoms with Gasteiger partial charge in [0.05, 0.1) is 0 Å². The molecule has 1 aromatic rings. The predicted molar refractivity (Wildman–Crippen MR) is 55.3 cm³/mol. The van der Waals surface area contributed by atoms with Crippen molar-refractivity contribution in [1.82, 2.24) is 20.1 Å². The molecule has 0 saturated carbocycles. The zero-order valence-electron chi connectivity index (χ0n) is 8.94. The average molecular weight is 208 g/mol. The lowest BCUT2D eigenvalue weighted by Gasteiger charge is -2.25. The van der Waals surface area contributed by atoms with Gasteiger partial charge in [0.1, 0.15) is 6.33 Å². The van der Waals surface area contributed by atoms with E-state index >= 15 is 0 Å². The van der Waals surface area contributed by atoms with Gasteiger partial charge in [0.15, 0.2) is 0 Å². The molecule has 0 aromatic carbocycles. The van der Waals surface area contributed by atoms with Gasteiger partial charge >= 0.3 is 0 Å². The maximum absolute atomic E-state index is 12.0. The molecule has 1 unspecified atom stereocenters. The van der Waals surface area contributed by atoms with Crippen LogP contribution in [0.3, 0.4) is 0 Å². The Kier molecular flexibility index (Phi) is 2.99. The van der Waals surface area contributed by atoms with Crippen LogP contribution < -0.4 is 0 Å². The van der Waals surface area contributed by atoms with Crippen molar-refractivity contribution in [3.63, 3.8) is 0 Å². The molecule has 2 rings (SSSR count). The fourth-order valence-electron chi connectivity index (χ4n) is 2.02. The van der Waals surface area contributed by atoms with Gasteiger partial charge in [-0.25, -0.2) is 4.98 Å². The summed E-state index contributed by atoms with van der Waals surface area (Å²) in [4.78, 5) is 17.8. The molecule has 1 saturated heterocycles. The molecule has 1 N–H and O–H groups in total. The number of aromatic amines is 1. The Morgan fingerprint density at radius 1 is 1.53 bits per heavy atom. The lowest BCUT2D eigenvalue weighted by Crippen LogP contribution is -2.38. The van der Waals surface area contributed by atoms with Crippen LogP contribution in [0.5, 0.6) is 0 Å². The topological polar surface area (TPSA) is 61.9 Å². The Bertz CT molecular complexity index is 322. The van der Waals surface area contributed by atoms with Crippen LogP contribution in [0.2, 0.25) is 0 Å². The smallest absolute Gasteiger partial charge is 0.291 e. The Hall–Kier alpha value is -1.39. The standard InChI is InChI=1S/C10H16N4O/c1-8-5-3-2-4-6-14(8)10(15)9-11-7-12-13-9/h7-8H,2-6H2,1H3,(H,11,12,13). The van der Waals surface area contributed by atoms with Crippen molar-refractivity contribution in [2.75, 3.05) is 6.54 Å². The van der Waals surface area contributed by atoms with Crippen LogP contribution in [0.4, 0.5) is 0 Å². The predicted octanol–water partition coefficient (Wildman–Crippen LogP) is 1.21. The van der Waals surface area contributed by atoms with Gasteiger partial charge in [0.2, 0.25) is 5.82 Å². The second kappa shape index (κ2) is 4.42. The number of amides is 1. The van der Waals surface area contributed by atoms with Gasteiger partial charge in [-0.2, -0.15) is 5.10 Å². The molecule has 1 fully saturated rings. The Morgan fingerprint density at radius 2 is 2.40 bits per heavy atom. The van der Waals surface area contributed by atoms with E-state index in [9.17, 15) is 4.79 Å². The Labute approximate surface area is 88.9 Å². The molecule has 0 radical (unpaired) electrons. The van der Waals surface area contributed by atoms with Gasteiger partial charge in [-0.3, -0.25) is 9.89 Å². The Morgan fingerprint density at radius 3 is 3.13 bits per heavy atom. The Balaban J connectivity index is 2.11. The first kappa shape index (κ1) is 10.1. The number of hydrogen-bond donors (Lipinski definition) is 1. The minimum atomic E-state index is -0.0260. The number of carbonyl (C=O) groups excluding carboxylic acids is 1. The van der Waals surface area contributed by atoms with Gasteiger partial charge in [-0.15, -0.1) is 0 Å². The monoisotopic (exact) mass is 208 g/mol. The fourth-order valence-corrected chi connectivity index (χ4v) is 2.02. The third-order valence-corrected chi connectivity index (χ3v) is 2.93. The van der Waals surface area contributed by atoms with E-state index in [0.717, 1.165) is 19.4 Å². The van der Waals surface area contributed by atoms with E-state index < -0.39 is 0 Å². The lowest BCUT2D eigenvalue weighted by molar-refractivity contribution is 0.0686. The van der Waals surface area contributed by atoms with Crippen molar-refractivity contribution in [2.45, 2.75) is 38.6 Å². The number of aromatic nitrogens is 3. The second-order valence-corrected chi connectivity index (χ2v) is 4.03. The van der Waals surface area contributed by atoms with E-state index in [1.54, 1.807) is 0 Å². The van der Waals surface area contributed by atoms with E-state index in [1.165, 1.54) is 19.2 Å². The molecule has 5 heteroatoms. The number of H-pyrrole nitrogens is 1. The molecule has 0 bridgehead atoms. The number of hydrogen-bond acceptors (Lipinski definition) is 3. The van der Waals surface area contributed by atoms with Crippen molar-refractivity contribution in [1.29, 1.82) is 0 Å². The van der Waals surface area contributed by atoms with E-state index in [4.69, 9.17) is 0 Å². The summed E-state index contributed by atoms with van der Waals surface area (Å²) in [5.41, 5.74) is 0. The van der Waals surface area contributed by atoms with Crippen LogP contribution in [0.1, 0.15) is 43.2 Å². The van der Waals surface area contributed by atoms with Crippen LogP contribution >= 0.6 is 0 Å².